The molecule has 6 heterocycles. The molecule has 0 saturated carbocycles. The largest absolute Gasteiger partial charge is 0.491 e. The minimum absolute atomic E-state index is 0.676. The monoisotopic (exact) mass is 508 g/mol. The molecule has 7 rings (SSSR count). The van der Waals surface area contributed by atoms with Crippen LogP contribution < -0.4 is 9.64 Å². The maximum absolute atomic E-state index is 6.04. The Morgan fingerprint density at radius 2 is 1.76 bits per heavy atom. The van der Waals surface area contributed by atoms with E-state index in [4.69, 9.17) is 9.72 Å². The van der Waals surface area contributed by atoms with Gasteiger partial charge in [-0.15, -0.1) is 0 Å². The Bertz CT molecular complexity index is 1560. The zero-order chi connectivity index (χ0) is 25.3. The number of likely N-dealkylation sites (tertiary alicyclic amines) is 1. The van der Waals surface area contributed by atoms with Gasteiger partial charge >= 0.3 is 0 Å². The van der Waals surface area contributed by atoms with Gasteiger partial charge in [0.2, 0.25) is 0 Å². The Morgan fingerprint density at radius 1 is 0.895 bits per heavy atom. The van der Waals surface area contributed by atoms with E-state index in [1.54, 1.807) is 6.20 Å². The van der Waals surface area contributed by atoms with E-state index in [1.807, 2.05) is 12.4 Å². The molecule has 9 heteroatoms. The van der Waals surface area contributed by atoms with E-state index >= 15 is 0 Å². The second kappa shape index (κ2) is 10.1. The van der Waals surface area contributed by atoms with Gasteiger partial charge in [0.1, 0.15) is 23.6 Å². The molecule has 2 aliphatic rings. The molecule has 0 radical (unpaired) electrons. The third-order valence-electron chi connectivity index (χ3n) is 7.77. The van der Waals surface area contributed by atoms with Gasteiger partial charge in [-0.05, 0) is 75.0 Å². The summed E-state index contributed by atoms with van der Waals surface area (Å²) in [6.07, 6.45) is 11.8. The number of nitrogens with one attached hydrogen (secondary N) is 2. The number of anilines is 1. The Hall–Kier alpha value is -3.98. The first-order valence-electron chi connectivity index (χ1n) is 13.7. The number of rotatable bonds is 7. The minimum Gasteiger partial charge on any atom is -0.491 e. The van der Waals surface area contributed by atoms with Crippen molar-refractivity contribution in [3.05, 3.63) is 48.9 Å². The van der Waals surface area contributed by atoms with Crippen LogP contribution in [0.3, 0.4) is 0 Å². The number of benzene rings is 1. The summed E-state index contributed by atoms with van der Waals surface area (Å²) in [5, 5.41) is 8.80. The molecule has 1 aromatic carbocycles. The lowest BCUT2D eigenvalue weighted by Crippen LogP contribution is -2.29. The van der Waals surface area contributed by atoms with Gasteiger partial charge in [-0.2, -0.15) is 5.10 Å². The van der Waals surface area contributed by atoms with E-state index in [-0.39, 0.29) is 0 Å². The van der Waals surface area contributed by atoms with E-state index in [1.165, 1.54) is 45.2 Å². The highest BCUT2D eigenvalue weighted by molar-refractivity contribution is 5.96. The summed E-state index contributed by atoms with van der Waals surface area (Å²) < 4.78 is 6.04. The highest BCUT2D eigenvalue weighted by atomic mass is 16.5. The second-order valence-electron chi connectivity index (χ2n) is 10.3. The van der Waals surface area contributed by atoms with Crippen molar-refractivity contribution in [2.45, 2.75) is 32.1 Å². The normalized spacial score (nSPS) is 16.6. The smallest absolute Gasteiger partial charge is 0.161 e. The van der Waals surface area contributed by atoms with Crippen LogP contribution >= 0.6 is 0 Å². The van der Waals surface area contributed by atoms with Gasteiger partial charge in [-0.25, -0.2) is 9.97 Å². The van der Waals surface area contributed by atoms with Crippen LogP contribution in [0.15, 0.2) is 48.9 Å². The van der Waals surface area contributed by atoms with E-state index in [2.05, 4.69) is 65.3 Å². The van der Waals surface area contributed by atoms with Gasteiger partial charge < -0.3 is 14.6 Å². The molecule has 38 heavy (non-hydrogen) atoms. The minimum atomic E-state index is 0.676. The van der Waals surface area contributed by atoms with Crippen LogP contribution in [0.5, 0.6) is 5.75 Å². The van der Waals surface area contributed by atoms with E-state index in [0.717, 1.165) is 75.8 Å². The number of hydrogen-bond acceptors (Lipinski definition) is 7. The standard InChI is InChI=1S/C29H32N8O/c1-2-12-37(13-3-1)25-8-9-31-28-27(25)32-29(33-28)26-23-17-20(6-7-24(23)34-35-26)21-16-22(19-30-18-21)38-15-14-36-10-4-5-11-36/h6-9,16-19H,1-5,10-15H2,(H,34,35)(H,31,32,33). The van der Waals surface area contributed by atoms with Crippen LogP contribution in [0.1, 0.15) is 32.1 Å². The lowest BCUT2D eigenvalue weighted by Gasteiger charge is -2.28. The number of ether oxygens (including phenoxy) is 1. The highest BCUT2D eigenvalue weighted by Gasteiger charge is 2.19. The summed E-state index contributed by atoms with van der Waals surface area (Å²) in [4.78, 5) is 22.3. The number of nitrogens with zero attached hydrogens (tertiary/aromatic N) is 6. The fourth-order valence-electron chi connectivity index (χ4n) is 5.73. The van der Waals surface area contributed by atoms with Crippen molar-refractivity contribution >= 4 is 27.8 Å². The van der Waals surface area contributed by atoms with E-state index in [9.17, 15) is 0 Å². The van der Waals surface area contributed by atoms with E-state index in [0.29, 0.717) is 6.61 Å². The van der Waals surface area contributed by atoms with Gasteiger partial charge in [0.05, 0.1) is 17.4 Å². The van der Waals surface area contributed by atoms with Crippen molar-refractivity contribution in [2.24, 2.45) is 0 Å². The number of H-pyrrole nitrogens is 2. The predicted molar refractivity (Wildman–Crippen MR) is 149 cm³/mol. The Labute approximate surface area is 221 Å². The van der Waals surface area contributed by atoms with Crippen molar-refractivity contribution < 1.29 is 4.74 Å². The maximum Gasteiger partial charge on any atom is 0.161 e. The number of imidazole rings is 1. The summed E-state index contributed by atoms with van der Waals surface area (Å²) in [5.74, 6) is 1.51. The molecular formula is C29H32N8O. The molecule has 0 spiro atoms. The lowest BCUT2D eigenvalue weighted by molar-refractivity contribution is 0.237. The van der Waals surface area contributed by atoms with Gasteiger partial charge in [-0.3, -0.25) is 15.0 Å². The van der Waals surface area contributed by atoms with Crippen LogP contribution in [0, 0.1) is 0 Å². The van der Waals surface area contributed by atoms with Crippen LogP contribution in [-0.2, 0) is 0 Å². The number of fused-ring (bicyclic) bond motifs is 2. The number of aromatic nitrogens is 6. The third-order valence-corrected chi connectivity index (χ3v) is 7.77. The summed E-state index contributed by atoms with van der Waals surface area (Å²) in [6.45, 7) is 6.11. The molecule has 0 aliphatic carbocycles. The number of pyridine rings is 2. The first-order valence-corrected chi connectivity index (χ1v) is 13.7. The Morgan fingerprint density at radius 3 is 2.66 bits per heavy atom. The number of hydrogen-bond donors (Lipinski definition) is 2. The van der Waals surface area contributed by atoms with Gasteiger partial charge in [0.15, 0.2) is 11.5 Å². The van der Waals surface area contributed by atoms with E-state index < -0.39 is 0 Å². The van der Waals surface area contributed by atoms with Gasteiger partial charge in [0, 0.05) is 43.0 Å². The topological polar surface area (TPSA) is 98.9 Å². The third kappa shape index (κ3) is 4.47. The molecule has 5 aromatic rings. The molecule has 0 atom stereocenters. The predicted octanol–water partition coefficient (Wildman–Crippen LogP) is 5.03. The summed E-state index contributed by atoms with van der Waals surface area (Å²) in [6, 6.07) is 10.4. The van der Waals surface area contributed by atoms with Gasteiger partial charge in [-0.1, -0.05) is 6.07 Å². The van der Waals surface area contributed by atoms with Crippen LogP contribution in [-0.4, -0.2) is 74.4 Å². The molecule has 4 aromatic heterocycles. The fraction of sp³-hybridized carbons (Fsp3) is 0.379. The molecule has 9 nitrogen and oxygen atoms in total. The SMILES string of the molecule is c1cc(N2CCCCC2)c2nc(-c3n[nH]c4ccc(-c5cncc(OCCN6CCCC6)c5)cc34)[nH]c2n1. The van der Waals surface area contributed by atoms with Crippen molar-refractivity contribution in [3.8, 4) is 28.4 Å². The molecule has 194 valence electrons. The molecule has 2 fully saturated rings. The maximum atomic E-state index is 6.04. The fourth-order valence-corrected chi connectivity index (χ4v) is 5.73. The molecule has 2 saturated heterocycles. The summed E-state index contributed by atoms with van der Waals surface area (Å²) in [5.41, 5.74) is 6.65. The summed E-state index contributed by atoms with van der Waals surface area (Å²) >= 11 is 0. The molecule has 2 N–H and O–H groups in total. The average Bonchev–Trinajstić information content (AvgIpc) is 3.73. The Balaban J connectivity index is 1.18. The highest BCUT2D eigenvalue weighted by Crippen LogP contribution is 2.33. The van der Waals surface area contributed by atoms with Crippen molar-refractivity contribution in [1.29, 1.82) is 0 Å². The molecular weight excluding hydrogens is 476 g/mol. The van der Waals surface area contributed by atoms with Crippen molar-refractivity contribution in [1.82, 2.24) is 35.0 Å². The van der Waals surface area contributed by atoms with Crippen LogP contribution in [0.25, 0.3) is 44.7 Å². The quantitative estimate of drug-likeness (QED) is 0.318. The van der Waals surface area contributed by atoms with Crippen molar-refractivity contribution in [2.75, 3.05) is 44.2 Å². The Kier molecular flexibility index (Phi) is 6.13. The zero-order valence-corrected chi connectivity index (χ0v) is 21.5. The second-order valence-corrected chi connectivity index (χ2v) is 10.3. The molecule has 2 aliphatic heterocycles. The lowest BCUT2D eigenvalue weighted by atomic mass is 10.0. The van der Waals surface area contributed by atoms with Gasteiger partial charge in [0.25, 0.3) is 0 Å². The molecule has 0 bridgehead atoms. The molecule has 0 unspecified atom stereocenters. The summed E-state index contributed by atoms with van der Waals surface area (Å²) in [7, 11) is 0. The van der Waals surface area contributed by atoms with Crippen LogP contribution in [0.4, 0.5) is 5.69 Å². The van der Waals surface area contributed by atoms with Crippen LogP contribution in [0.2, 0.25) is 0 Å². The number of piperidine rings is 1. The number of aromatic amines is 2. The average molecular weight is 509 g/mol. The van der Waals surface area contributed by atoms with Crippen molar-refractivity contribution in [3.63, 3.8) is 0 Å². The first-order chi connectivity index (χ1) is 18.8. The first kappa shape index (κ1) is 23.2. The molecule has 0 amide bonds. The zero-order valence-electron chi connectivity index (χ0n) is 21.5.